The summed E-state index contributed by atoms with van der Waals surface area (Å²) in [5.41, 5.74) is -2.08. The van der Waals surface area contributed by atoms with Crippen LogP contribution in [0.15, 0.2) is 30.6 Å². The van der Waals surface area contributed by atoms with Crippen LogP contribution in [0.1, 0.15) is 27.2 Å². The number of rotatable bonds is 4. The molecule has 0 aliphatic rings. The SMILES string of the molecule is Cc1ccc(C(N)=O)c(-n2cccn2)c1-c1n[nH]c(C(F)(F)C(F)(F)F)c1C(F)(F)F. The fourth-order valence-electron chi connectivity index (χ4n) is 3.00. The number of aromatic amines is 1. The molecule has 0 radical (unpaired) electrons. The van der Waals surface area contributed by atoms with Crippen molar-refractivity contribution in [2.45, 2.75) is 25.2 Å². The van der Waals surface area contributed by atoms with E-state index in [1.807, 2.05) is 0 Å². The van der Waals surface area contributed by atoms with Gasteiger partial charge in [-0.1, -0.05) is 6.07 Å². The van der Waals surface area contributed by atoms with Gasteiger partial charge < -0.3 is 5.73 Å². The topological polar surface area (TPSA) is 89.6 Å². The Kier molecular flexibility index (Phi) is 5.06. The van der Waals surface area contributed by atoms with Gasteiger partial charge in [-0.15, -0.1) is 0 Å². The molecule has 0 fully saturated rings. The van der Waals surface area contributed by atoms with E-state index in [-0.39, 0.29) is 16.8 Å². The van der Waals surface area contributed by atoms with E-state index in [2.05, 4.69) is 10.2 Å². The zero-order valence-electron chi connectivity index (χ0n) is 15.2. The first-order valence-electron chi connectivity index (χ1n) is 8.22. The highest BCUT2D eigenvalue weighted by Crippen LogP contribution is 2.50. The van der Waals surface area contributed by atoms with Gasteiger partial charge in [0.15, 0.2) is 0 Å². The van der Waals surface area contributed by atoms with Crippen LogP contribution in [0.4, 0.5) is 35.1 Å². The second-order valence-corrected chi connectivity index (χ2v) is 6.36. The van der Waals surface area contributed by atoms with Crippen LogP contribution in [0.3, 0.4) is 0 Å². The Morgan fingerprint density at radius 3 is 2.23 bits per heavy atom. The average molecular weight is 453 g/mol. The van der Waals surface area contributed by atoms with Crippen molar-refractivity contribution in [2.75, 3.05) is 0 Å². The van der Waals surface area contributed by atoms with Crippen LogP contribution in [-0.4, -0.2) is 32.1 Å². The first-order valence-corrected chi connectivity index (χ1v) is 8.22. The van der Waals surface area contributed by atoms with Crippen molar-refractivity contribution in [1.29, 1.82) is 0 Å². The van der Waals surface area contributed by atoms with Crippen molar-refractivity contribution in [1.82, 2.24) is 20.0 Å². The molecule has 2 aromatic heterocycles. The fraction of sp³-hybridized carbons (Fsp3) is 0.235. The zero-order chi connectivity index (χ0) is 23.4. The Balaban J connectivity index is 2.46. The molecule has 3 aromatic rings. The number of H-pyrrole nitrogens is 1. The highest BCUT2D eigenvalue weighted by Gasteiger charge is 2.63. The van der Waals surface area contributed by atoms with E-state index in [0.29, 0.717) is 0 Å². The van der Waals surface area contributed by atoms with Gasteiger partial charge >= 0.3 is 18.3 Å². The minimum Gasteiger partial charge on any atom is -0.366 e. The number of nitrogens with two attached hydrogens (primary N) is 1. The van der Waals surface area contributed by atoms with Crippen LogP contribution in [0, 0.1) is 6.92 Å². The molecule has 0 spiro atoms. The quantitative estimate of drug-likeness (QED) is 0.576. The van der Waals surface area contributed by atoms with E-state index in [0.717, 1.165) is 16.8 Å². The summed E-state index contributed by atoms with van der Waals surface area (Å²) in [6.07, 6.45) is -9.57. The highest BCUT2D eigenvalue weighted by molar-refractivity contribution is 6.00. The molecule has 6 nitrogen and oxygen atoms in total. The third kappa shape index (κ3) is 3.61. The Morgan fingerprint density at radius 1 is 1.10 bits per heavy atom. The molecule has 1 amide bonds. The third-order valence-electron chi connectivity index (χ3n) is 4.34. The molecule has 0 atom stereocenters. The molecule has 0 aliphatic heterocycles. The van der Waals surface area contributed by atoms with Gasteiger partial charge in [0.05, 0.1) is 11.3 Å². The van der Waals surface area contributed by atoms with Crippen molar-refractivity contribution in [3.8, 4) is 16.9 Å². The molecule has 166 valence electrons. The Hall–Kier alpha value is -3.45. The molecule has 0 saturated carbocycles. The molecular formula is C17H11F8N5O. The number of alkyl halides is 8. The lowest BCUT2D eigenvalue weighted by atomic mass is 9.94. The van der Waals surface area contributed by atoms with Gasteiger partial charge in [0.2, 0.25) is 0 Å². The smallest absolute Gasteiger partial charge is 0.366 e. The number of nitrogens with zero attached hydrogens (tertiary/aromatic N) is 3. The van der Waals surface area contributed by atoms with Gasteiger partial charge in [0, 0.05) is 18.0 Å². The monoisotopic (exact) mass is 453 g/mol. The number of halogens is 8. The predicted octanol–water partition coefficient (Wildman–Crippen LogP) is 4.34. The summed E-state index contributed by atoms with van der Waals surface area (Å²) < 4.78 is 108. The van der Waals surface area contributed by atoms with Gasteiger partial charge in [-0.05, 0) is 24.6 Å². The number of amides is 1. The number of hydrogen-bond donors (Lipinski definition) is 2. The van der Waals surface area contributed by atoms with Gasteiger partial charge in [-0.2, -0.15) is 45.3 Å². The number of benzene rings is 1. The highest BCUT2D eigenvalue weighted by atomic mass is 19.4. The van der Waals surface area contributed by atoms with E-state index in [9.17, 15) is 39.9 Å². The molecule has 3 N–H and O–H groups in total. The number of aryl methyl sites for hydroxylation is 1. The lowest BCUT2D eigenvalue weighted by molar-refractivity contribution is -0.292. The first-order chi connectivity index (χ1) is 14.2. The number of primary amides is 1. The summed E-state index contributed by atoms with van der Waals surface area (Å²) in [7, 11) is 0. The molecule has 14 heteroatoms. The summed E-state index contributed by atoms with van der Waals surface area (Å²) >= 11 is 0. The molecule has 0 bridgehead atoms. The van der Waals surface area contributed by atoms with Gasteiger partial charge in [0.25, 0.3) is 5.91 Å². The predicted molar refractivity (Wildman–Crippen MR) is 89.4 cm³/mol. The molecular weight excluding hydrogens is 442 g/mol. The van der Waals surface area contributed by atoms with Gasteiger partial charge in [-0.3, -0.25) is 9.89 Å². The summed E-state index contributed by atoms with van der Waals surface area (Å²) in [4.78, 5) is 11.9. The fourth-order valence-corrected chi connectivity index (χ4v) is 3.00. The Labute approximate surface area is 167 Å². The van der Waals surface area contributed by atoms with Crippen molar-refractivity contribution in [3.05, 3.63) is 53.0 Å². The van der Waals surface area contributed by atoms with Crippen LogP contribution in [0.2, 0.25) is 0 Å². The number of hydrogen-bond acceptors (Lipinski definition) is 3. The Bertz CT molecular complexity index is 1130. The van der Waals surface area contributed by atoms with E-state index < -0.39 is 46.7 Å². The molecule has 0 aliphatic carbocycles. The molecule has 0 unspecified atom stereocenters. The largest absolute Gasteiger partial charge is 0.459 e. The standard InChI is InChI=1S/C17H11F8N5O/c1-7-3-4-8(14(26)31)12(30-6-2-5-27-30)9(7)11-10(16(20,21)22)13(29-28-11)15(18,19)17(23,24)25/h2-6H,1H3,(H2,26,31)(H,28,29). The van der Waals surface area contributed by atoms with E-state index in [4.69, 9.17) is 5.73 Å². The first kappa shape index (κ1) is 22.2. The number of nitrogens with one attached hydrogen (secondary N) is 1. The average Bonchev–Trinajstić information content (AvgIpc) is 3.29. The molecule has 2 heterocycles. The Morgan fingerprint density at radius 2 is 1.74 bits per heavy atom. The summed E-state index contributed by atoms with van der Waals surface area (Å²) in [5, 5.41) is 8.14. The minimum absolute atomic E-state index is 0.0191. The normalized spacial score (nSPS) is 12.9. The molecule has 0 saturated heterocycles. The van der Waals surface area contributed by atoms with Crippen LogP contribution >= 0.6 is 0 Å². The maximum absolute atomic E-state index is 13.9. The summed E-state index contributed by atoms with van der Waals surface area (Å²) in [6.45, 7) is 1.25. The lowest BCUT2D eigenvalue weighted by Crippen LogP contribution is -2.36. The van der Waals surface area contributed by atoms with Crippen LogP contribution in [0.5, 0.6) is 0 Å². The maximum atomic E-state index is 13.9. The van der Waals surface area contributed by atoms with E-state index >= 15 is 0 Å². The van der Waals surface area contributed by atoms with Crippen LogP contribution < -0.4 is 5.73 Å². The van der Waals surface area contributed by atoms with E-state index in [1.165, 1.54) is 30.5 Å². The number of carbonyl (C=O) groups excluding carboxylic acids is 1. The van der Waals surface area contributed by atoms with Crippen LogP contribution in [0.25, 0.3) is 16.9 Å². The maximum Gasteiger partial charge on any atom is 0.459 e. The lowest BCUT2D eigenvalue weighted by Gasteiger charge is -2.21. The summed E-state index contributed by atoms with van der Waals surface area (Å²) in [6, 6.07) is 3.65. The second-order valence-electron chi connectivity index (χ2n) is 6.36. The second kappa shape index (κ2) is 7.06. The van der Waals surface area contributed by atoms with Gasteiger partial charge in [-0.25, -0.2) is 4.68 Å². The molecule has 1 aromatic carbocycles. The summed E-state index contributed by atoms with van der Waals surface area (Å²) in [5.74, 6) is -6.99. The van der Waals surface area contributed by atoms with Crippen molar-refractivity contribution in [3.63, 3.8) is 0 Å². The van der Waals surface area contributed by atoms with Crippen LogP contribution in [-0.2, 0) is 12.1 Å². The minimum atomic E-state index is -6.33. The zero-order valence-corrected chi connectivity index (χ0v) is 15.2. The van der Waals surface area contributed by atoms with Crippen molar-refractivity contribution in [2.24, 2.45) is 5.73 Å². The number of carbonyl (C=O) groups is 1. The van der Waals surface area contributed by atoms with Crippen molar-refractivity contribution >= 4 is 5.91 Å². The third-order valence-corrected chi connectivity index (χ3v) is 4.34. The van der Waals surface area contributed by atoms with Crippen molar-refractivity contribution < 1.29 is 39.9 Å². The van der Waals surface area contributed by atoms with Gasteiger partial charge in [0.1, 0.15) is 17.0 Å². The number of aromatic nitrogens is 4. The van der Waals surface area contributed by atoms with E-state index in [1.54, 1.807) is 0 Å². The molecule has 3 rings (SSSR count). The molecule has 31 heavy (non-hydrogen) atoms.